The summed E-state index contributed by atoms with van der Waals surface area (Å²) in [6.45, 7) is 4.82. The number of amidine groups is 1. The largest absolute Gasteiger partial charge is 0.382 e. The summed E-state index contributed by atoms with van der Waals surface area (Å²) in [5.41, 5.74) is 9.93. The van der Waals surface area contributed by atoms with E-state index < -0.39 is 0 Å². The lowest BCUT2D eigenvalue weighted by atomic mass is 9.84. The number of aliphatic imine (C=N–C) groups is 1. The number of H-pyrrole nitrogens is 1. The second kappa shape index (κ2) is 8.14. The summed E-state index contributed by atoms with van der Waals surface area (Å²) in [6.07, 6.45) is 0. The van der Waals surface area contributed by atoms with Crippen LogP contribution in [0.3, 0.4) is 0 Å². The van der Waals surface area contributed by atoms with Crippen LogP contribution in [0.15, 0.2) is 59.6 Å². The van der Waals surface area contributed by atoms with Gasteiger partial charge < -0.3 is 11.1 Å². The maximum absolute atomic E-state index is 13.2. The number of hydrogen-bond donors (Lipinski definition) is 3. The molecule has 0 atom stereocenters. The molecular formula is C23H24FN7. The van der Waals surface area contributed by atoms with Gasteiger partial charge >= 0.3 is 0 Å². The standard InChI is InChI=1S/C23H24FN7/c1-23(2,15-5-7-16(24)8-6-15)13-27-20-11-10-18(28-30-20)14-4-9-19-17(12-14)21(31-29-19)22(25)26-3/h4-12H,13H2,1-3H3,(H2,25,26)(H,27,30)(H,29,31). The van der Waals surface area contributed by atoms with E-state index in [-0.39, 0.29) is 11.2 Å². The van der Waals surface area contributed by atoms with Crippen molar-refractivity contribution in [2.24, 2.45) is 10.7 Å². The van der Waals surface area contributed by atoms with Crippen LogP contribution < -0.4 is 11.1 Å². The number of nitrogens with one attached hydrogen (secondary N) is 2. The Bertz CT molecular complexity index is 1230. The molecule has 4 aromatic rings. The molecule has 2 heterocycles. The smallest absolute Gasteiger partial charge is 0.148 e. The summed E-state index contributed by atoms with van der Waals surface area (Å²) in [6, 6.07) is 16.2. The van der Waals surface area contributed by atoms with Crippen molar-refractivity contribution in [2.45, 2.75) is 19.3 Å². The van der Waals surface area contributed by atoms with E-state index in [1.165, 1.54) is 12.1 Å². The van der Waals surface area contributed by atoms with E-state index in [4.69, 9.17) is 5.73 Å². The van der Waals surface area contributed by atoms with E-state index in [1.807, 2.05) is 42.5 Å². The fourth-order valence-corrected chi connectivity index (χ4v) is 3.37. The predicted molar refractivity (Wildman–Crippen MR) is 122 cm³/mol. The van der Waals surface area contributed by atoms with Crippen molar-refractivity contribution in [3.05, 3.63) is 71.7 Å². The van der Waals surface area contributed by atoms with Crippen LogP contribution in [0.2, 0.25) is 0 Å². The zero-order chi connectivity index (χ0) is 22.0. The molecule has 0 fully saturated rings. The van der Waals surface area contributed by atoms with Crippen molar-refractivity contribution in [2.75, 3.05) is 18.9 Å². The molecule has 0 bridgehead atoms. The Labute approximate surface area is 179 Å². The number of anilines is 1. The van der Waals surface area contributed by atoms with Gasteiger partial charge in [0.05, 0.1) is 11.2 Å². The Morgan fingerprint density at radius 3 is 2.55 bits per heavy atom. The van der Waals surface area contributed by atoms with Crippen molar-refractivity contribution < 1.29 is 4.39 Å². The van der Waals surface area contributed by atoms with Crippen molar-refractivity contribution in [1.82, 2.24) is 20.4 Å². The summed E-state index contributed by atoms with van der Waals surface area (Å²) in [4.78, 5) is 4.02. The number of aromatic nitrogens is 4. The predicted octanol–water partition coefficient (Wildman–Crippen LogP) is 3.88. The van der Waals surface area contributed by atoms with Crippen LogP contribution in [0.5, 0.6) is 0 Å². The van der Waals surface area contributed by atoms with E-state index in [2.05, 4.69) is 44.6 Å². The van der Waals surface area contributed by atoms with Crippen molar-refractivity contribution >= 4 is 22.6 Å². The Morgan fingerprint density at radius 2 is 1.87 bits per heavy atom. The second-order valence-corrected chi connectivity index (χ2v) is 7.99. The van der Waals surface area contributed by atoms with Gasteiger partial charge in [0, 0.05) is 30.0 Å². The molecule has 31 heavy (non-hydrogen) atoms. The molecule has 2 aromatic heterocycles. The Hall–Kier alpha value is -3.81. The highest BCUT2D eigenvalue weighted by Crippen LogP contribution is 2.26. The van der Waals surface area contributed by atoms with E-state index in [0.717, 1.165) is 27.7 Å². The summed E-state index contributed by atoms with van der Waals surface area (Å²) < 4.78 is 13.2. The number of fused-ring (bicyclic) bond motifs is 1. The van der Waals surface area contributed by atoms with Gasteiger partial charge in [0.2, 0.25) is 0 Å². The van der Waals surface area contributed by atoms with E-state index in [9.17, 15) is 4.39 Å². The molecule has 0 aliphatic heterocycles. The number of aromatic amines is 1. The van der Waals surface area contributed by atoms with Crippen molar-refractivity contribution in [3.63, 3.8) is 0 Å². The normalized spacial score (nSPS) is 12.3. The molecule has 2 aromatic carbocycles. The van der Waals surface area contributed by atoms with Gasteiger partial charge in [-0.3, -0.25) is 10.1 Å². The maximum Gasteiger partial charge on any atom is 0.148 e. The third kappa shape index (κ3) is 4.23. The molecule has 0 aliphatic carbocycles. The molecule has 0 saturated carbocycles. The number of nitrogens with two attached hydrogens (primary N) is 1. The minimum Gasteiger partial charge on any atom is -0.382 e. The summed E-state index contributed by atoms with van der Waals surface area (Å²) in [7, 11) is 1.63. The fraction of sp³-hybridized carbons (Fsp3) is 0.217. The van der Waals surface area contributed by atoms with Crippen LogP contribution in [0, 0.1) is 5.82 Å². The summed E-state index contributed by atoms with van der Waals surface area (Å²) >= 11 is 0. The van der Waals surface area contributed by atoms with Gasteiger partial charge in [-0.05, 0) is 42.0 Å². The SMILES string of the molecule is CN=C(N)c1n[nH]c2ccc(-c3ccc(NCC(C)(C)c4ccc(F)cc4)nn3)cc12. The lowest BCUT2D eigenvalue weighted by Gasteiger charge is -2.25. The molecule has 4 N–H and O–H groups in total. The van der Waals surface area contributed by atoms with Crippen LogP contribution in [0.25, 0.3) is 22.2 Å². The van der Waals surface area contributed by atoms with E-state index in [0.29, 0.717) is 23.9 Å². The van der Waals surface area contributed by atoms with Crippen LogP contribution in [0.1, 0.15) is 25.1 Å². The van der Waals surface area contributed by atoms with E-state index >= 15 is 0 Å². The molecule has 158 valence electrons. The quantitative estimate of drug-likeness (QED) is 0.326. The topological polar surface area (TPSA) is 105 Å². The van der Waals surface area contributed by atoms with Crippen LogP contribution in [-0.4, -0.2) is 39.8 Å². The molecule has 0 unspecified atom stereocenters. The highest BCUT2D eigenvalue weighted by Gasteiger charge is 2.20. The van der Waals surface area contributed by atoms with Gasteiger partial charge in [0.25, 0.3) is 0 Å². The van der Waals surface area contributed by atoms with Gasteiger partial charge in [-0.2, -0.15) is 5.10 Å². The fourth-order valence-electron chi connectivity index (χ4n) is 3.37. The zero-order valence-electron chi connectivity index (χ0n) is 17.6. The molecule has 0 spiro atoms. The average Bonchev–Trinajstić information content (AvgIpc) is 3.21. The number of rotatable bonds is 6. The Kier molecular flexibility index (Phi) is 5.37. The van der Waals surface area contributed by atoms with Crippen molar-refractivity contribution in [1.29, 1.82) is 0 Å². The third-order valence-corrected chi connectivity index (χ3v) is 5.34. The van der Waals surface area contributed by atoms with E-state index in [1.54, 1.807) is 7.05 Å². The van der Waals surface area contributed by atoms with Crippen LogP contribution in [0.4, 0.5) is 10.2 Å². The van der Waals surface area contributed by atoms with Crippen molar-refractivity contribution in [3.8, 4) is 11.3 Å². The Morgan fingerprint density at radius 1 is 1.10 bits per heavy atom. The third-order valence-electron chi connectivity index (χ3n) is 5.34. The highest BCUT2D eigenvalue weighted by atomic mass is 19.1. The van der Waals surface area contributed by atoms with Gasteiger partial charge in [-0.15, -0.1) is 10.2 Å². The van der Waals surface area contributed by atoms with Gasteiger partial charge in [-0.25, -0.2) is 4.39 Å². The monoisotopic (exact) mass is 417 g/mol. The molecule has 4 rings (SSSR count). The average molecular weight is 417 g/mol. The molecule has 0 amide bonds. The van der Waals surface area contributed by atoms with Gasteiger partial charge in [0.1, 0.15) is 23.2 Å². The maximum atomic E-state index is 13.2. The first kappa shape index (κ1) is 20.5. The van der Waals surface area contributed by atoms with Crippen LogP contribution >= 0.6 is 0 Å². The number of benzene rings is 2. The molecule has 0 saturated heterocycles. The second-order valence-electron chi connectivity index (χ2n) is 7.99. The first-order chi connectivity index (χ1) is 14.9. The molecule has 8 heteroatoms. The summed E-state index contributed by atoms with van der Waals surface area (Å²) in [5, 5.41) is 20.1. The minimum absolute atomic E-state index is 0.197. The molecular weight excluding hydrogens is 393 g/mol. The number of hydrogen-bond acceptors (Lipinski definition) is 5. The lowest BCUT2D eigenvalue weighted by Crippen LogP contribution is -2.28. The molecule has 7 nitrogen and oxygen atoms in total. The van der Waals surface area contributed by atoms with Gasteiger partial charge in [-0.1, -0.05) is 32.0 Å². The van der Waals surface area contributed by atoms with Crippen LogP contribution in [-0.2, 0) is 5.41 Å². The lowest BCUT2D eigenvalue weighted by molar-refractivity contribution is 0.552. The van der Waals surface area contributed by atoms with Gasteiger partial charge in [0.15, 0.2) is 0 Å². The first-order valence-electron chi connectivity index (χ1n) is 9.92. The Balaban J connectivity index is 1.51. The number of nitrogens with zero attached hydrogens (tertiary/aromatic N) is 4. The first-order valence-corrected chi connectivity index (χ1v) is 9.92. The molecule has 0 radical (unpaired) electrons. The molecule has 0 aliphatic rings. The highest BCUT2D eigenvalue weighted by molar-refractivity contribution is 6.07. The summed E-state index contributed by atoms with van der Waals surface area (Å²) in [5.74, 6) is 0.809. The zero-order valence-corrected chi connectivity index (χ0v) is 17.6. The minimum atomic E-state index is -0.237. The number of halogens is 1.